The number of fused-ring (bicyclic) bond motifs is 1. The number of benzene rings is 2. The van der Waals surface area contributed by atoms with E-state index in [1.165, 1.54) is 22.2 Å². The largest absolute Gasteiger partial charge is 0.324 e. The lowest BCUT2D eigenvalue weighted by atomic mass is 10.0. The second kappa shape index (κ2) is 9.09. The van der Waals surface area contributed by atoms with E-state index in [0.29, 0.717) is 10.2 Å². The Hall–Kier alpha value is -3.25. The van der Waals surface area contributed by atoms with Crippen LogP contribution in [0, 0.1) is 13.8 Å². The molecule has 0 fully saturated rings. The molecule has 0 radical (unpaired) electrons. The minimum Gasteiger partial charge on any atom is -0.324 e. The van der Waals surface area contributed by atoms with Crippen LogP contribution in [0.3, 0.4) is 0 Å². The summed E-state index contributed by atoms with van der Waals surface area (Å²) in [6.07, 6.45) is 3.13. The molecule has 0 bridgehead atoms. The number of rotatable bonds is 6. The maximum absolute atomic E-state index is 13.4. The van der Waals surface area contributed by atoms with Crippen LogP contribution < -0.4 is 10.9 Å². The molecule has 2 heterocycles. The van der Waals surface area contributed by atoms with E-state index in [-0.39, 0.29) is 18.0 Å². The van der Waals surface area contributed by atoms with Crippen molar-refractivity contribution in [2.75, 3.05) is 5.32 Å². The number of amides is 1. The van der Waals surface area contributed by atoms with E-state index in [1.807, 2.05) is 56.3 Å². The van der Waals surface area contributed by atoms with Crippen molar-refractivity contribution >= 4 is 33.1 Å². The summed E-state index contributed by atoms with van der Waals surface area (Å²) in [6, 6.07) is 14.2. The molecule has 0 unspecified atom stereocenters. The van der Waals surface area contributed by atoms with Crippen LogP contribution >= 0.6 is 11.3 Å². The highest BCUT2D eigenvalue weighted by Gasteiger charge is 2.18. The van der Waals surface area contributed by atoms with Crippen LogP contribution in [0.1, 0.15) is 35.4 Å². The zero-order valence-corrected chi connectivity index (χ0v) is 19.7. The van der Waals surface area contributed by atoms with Crippen molar-refractivity contribution in [2.24, 2.45) is 0 Å². The molecule has 5 nitrogen and oxygen atoms in total. The number of anilines is 1. The van der Waals surface area contributed by atoms with E-state index in [2.05, 4.69) is 24.1 Å². The minimum absolute atomic E-state index is 0.0782. The van der Waals surface area contributed by atoms with Gasteiger partial charge in [0.05, 0.1) is 11.7 Å². The van der Waals surface area contributed by atoms with Gasteiger partial charge in [0.15, 0.2) is 0 Å². The summed E-state index contributed by atoms with van der Waals surface area (Å²) in [5, 5.41) is 3.62. The second-order valence-electron chi connectivity index (χ2n) is 7.96. The molecule has 4 rings (SSSR count). The van der Waals surface area contributed by atoms with Gasteiger partial charge in [-0.15, -0.1) is 11.3 Å². The lowest BCUT2D eigenvalue weighted by molar-refractivity contribution is -0.116. The van der Waals surface area contributed by atoms with E-state index in [9.17, 15) is 9.59 Å². The van der Waals surface area contributed by atoms with Gasteiger partial charge in [0.1, 0.15) is 11.4 Å². The van der Waals surface area contributed by atoms with Gasteiger partial charge in [-0.2, -0.15) is 0 Å². The third kappa shape index (κ3) is 4.10. The van der Waals surface area contributed by atoms with Crippen molar-refractivity contribution in [1.82, 2.24) is 9.55 Å². The number of aromatic nitrogens is 2. The van der Waals surface area contributed by atoms with E-state index >= 15 is 0 Å². The first kappa shape index (κ1) is 22.0. The molecule has 0 atom stereocenters. The molecule has 2 aromatic heterocycles. The van der Waals surface area contributed by atoms with Crippen LogP contribution in [0.4, 0.5) is 5.69 Å². The number of nitrogens with one attached hydrogen (secondary N) is 1. The number of carbonyl (C=O) groups excluding carboxylic acids is 1. The maximum Gasteiger partial charge on any atom is 0.263 e. The summed E-state index contributed by atoms with van der Waals surface area (Å²) in [7, 11) is 0. The fraction of sp³-hybridized carbons (Fsp3) is 0.269. The lowest BCUT2D eigenvalue weighted by Crippen LogP contribution is -2.28. The maximum atomic E-state index is 13.4. The number of aryl methyl sites for hydroxylation is 4. The molecule has 4 aromatic rings. The molecule has 1 amide bonds. The fourth-order valence-corrected chi connectivity index (χ4v) is 5.06. The number of thiophene rings is 1. The molecule has 6 heteroatoms. The molecule has 0 aliphatic heterocycles. The van der Waals surface area contributed by atoms with Crippen molar-refractivity contribution in [1.29, 1.82) is 0 Å². The predicted molar refractivity (Wildman–Crippen MR) is 133 cm³/mol. The number of hydrogen-bond donors (Lipinski definition) is 1. The van der Waals surface area contributed by atoms with Crippen LogP contribution in [0.25, 0.3) is 21.3 Å². The standard InChI is InChI=1S/C26H27N3O2S/c1-5-18-8-7-9-19(6-2)24(18)28-21(30)14-29-15-27-25-23(26(29)31)22(17(4)32-25)20-12-10-16(3)11-13-20/h7-13,15H,5-6,14H2,1-4H3,(H,28,30). The van der Waals surface area contributed by atoms with Gasteiger partial charge >= 0.3 is 0 Å². The number of nitrogens with zero attached hydrogens (tertiary/aromatic N) is 2. The van der Waals surface area contributed by atoms with Crippen molar-refractivity contribution in [3.05, 3.63) is 80.7 Å². The molecule has 0 aliphatic carbocycles. The summed E-state index contributed by atoms with van der Waals surface area (Å²) < 4.78 is 1.40. The van der Waals surface area contributed by atoms with Crippen LogP contribution in [0.5, 0.6) is 0 Å². The first-order chi connectivity index (χ1) is 15.4. The van der Waals surface area contributed by atoms with E-state index in [1.54, 1.807) is 0 Å². The summed E-state index contributed by atoms with van der Waals surface area (Å²) in [6.45, 7) is 8.10. The van der Waals surface area contributed by atoms with Crippen molar-refractivity contribution in [2.45, 2.75) is 47.1 Å². The highest BCUT2D eigenvalue weighted by molar-refractivity contribution is 7.19. The van der Waals surface area contributed by atoms with E-state index in [4.69, 9.17) is 0 Å². The lowest BCUT2D eigenvalue weighted by Gasteiger charge is -2.15. The second-order valence-corrected chi connectivity index (χ2v) is 9.17. The van der Waals surface area contributed by atoms with Crippen LogP contribution in [-0.4, -0.2) is 15.5 Å². The summed E-state index contributed by atoms with van der Waals surface area (Å²) >= 11 is 1.51. The first-order valence-corrected chi connectivity index (χ1v) is 11.7. The minimum atomic E-state index is -0.229. The Labute approximate surface area is 191 Å². The van der Waals surface area contributed by atoms with Gasteiger partial charge in [0.25, 0.3) is 5.56 Å². The van der Waals surface area contributed by atoms with E-state index in [0.717, 1.165) is 51.2 Å². The Morgan fingerprint density at radius 3 is 2.31 bits per heavy atom. The summed E-state index contributed by atoms with van der Waals surface area (Å²) in [4.78, 5) is 32.5. The summed E-state index contributed by atoms with van der Waals surface area (Å²) in [5.74, 6) is -0.229. The smallest absolute Gasteiger partial charge is 0.263 e. The quantitative estimate of drug-likeness (QED) is 0.426. The first-order valence-electron chi connectivity index (χ1n) is 10.9. The highest BCUT2D eigenvalue weighted by Crippen LogP contribution is 2.35. The fourth-order valence-electron chi connectivity index (χ4n) is 4.05. The van der Waals surface area contributed by atoms with Crippen LogP contribution in [0.15, 0.2) is 53.6 Å². The highest BCUT2D eigenvalue weighted by atomic mass is 32.1. The average Bonchev–Trinajstić information content (AvgIpc) is 3.13. The topological polar surface area (TPSA) is 64.0 Å². The molecule has 0 saturated heterocycles. The zero-order valence-electron chi connectivity index (χ0n) is 18.9. The molecule has 32 heavy (non-hydrogen) atoms. The van der Waals surface area contributed by atoms with Crippen molar-refractivity contribution < 1.29 is 4.79 Å². The molecular formula is C26H27N3O2S. The molecule has 0 saturated carbocycles. The van der Waals surface area contributed by atoms with Gasteiger partial charge in [-0.05, 0) is 43.4 Å². The molecular weight excluding hydrogens is 418 g/mol. The Bertz CT molecular complexity index is 1330. The SMILES string of the molecule is CCc1cccc(CC)c1NC(=O)Cn1cnc2sc(C)c(-c3ccc(C)cc3)c2c1=O. The van der Waals surface area contributed by atoms with Gasteiger partial charge in [-0.3, -0.25) is 14.2 Å². The number of hydrogen-bond acceptors (Lipinski definition) is 4. The number of carbonyl (C=O) groups is 1. The van der Waals surface area contributed by atoms with Gasteiger partial charge in [0.2, 0.25) is 5.91 Å². The molecule has 0 aliphatic rings. The summed E-state index contributed by atoms with van der Waals surface area (Å²) in [5.41, 5.74) is 5.91. The molecule has 2 aromatic carbocycles. The Morgan fingerprint density at radius 1 is 1.03 bits per heavy atom. The monoisotopic (exact) mass is 445 g/mol. The van der Waals surface area contributed by atoms with Gasteiger partial charge in [0, 0.05) is 16.1 Å². The van der Waals surface area contributed by atoms with Gasteiger partial charge in [-0.25, -0.2) is 4.98 Å². The van der Waals surface area contributed by atoms with Gasteiger partial charge in [-0.1, -0.05) is 61.9 Å². The normalized spacial score (nSPS) is 11.1. The third-order valence-electron chi connectivity index (χ3n) is 5.77. The molecule has 164 valence electrons. The van der Waals surface area contributed by atoms with Crippen LogP contribution in [-0.2, 0) is 24.2 Å². The zero-order chi connectivity index (χ0) is 22.8. The molecule has 1 N–H and O–H groups in total. The van der Waals surface area contributed by atoms with Crippen LogP contribution in [0.2, 0.25) is 0 Å². The average molecular weight is 446 g/mol. The Balaban J connectivity index is 1.70. The van der Waals surface area contributed by atoms with E-state index < -0.39 is 0 Å². The third-order valence-corrected chi connectivity index (χ3v) is 6.79. The molecule has 0 spiro atoms. The Kier molecular flexibility index (Phi) is 6.24. The van der Waals surface area contributed by atoms with Crippen molar-refractivity contribution in [3.63, 3.8) is 0 Å². The van der Waals surface area contributed by atoms with Crippen molar-refractivity contribution in [3.8, 4) is 11.1 Å². The Morgan fingerprint density at radius 2 is 1.69 bits per heavy atom. The number of para-hydroxylation sites is 1. The van der Waals surface area contributed by atoms with Gasteiger partial charge < -0.3 is 5.32 Å². The predicted octanol–water partition coefficient (Wildman–Crippen LogP) is 5.51.